The number of hydrogen-bond donors (Lipinski definition) is 6. The summed E-state index contributed by atoms with van der Waals surface area (Å²) in [6, 6.07) is 14.8. The molecule has 1 saturated carbocycles. The van der Waals surface area contributed by atoms with E-state index in [4.69, 9.17) is 24.6 Å². The highest BCUT2D eigenvalue weighted by molar-refractivity contribution is 5.89. The molecule has 0 aliphatic heterocycles. The van der Waals surface area contributed by atoms with Crippen LogP contribution in [0.4, 0.5) is 13.2 Å². The Kier molecular flexibility index (Phi) is 18.6. The van der Waals surface area contributed by atoms with Gasteiger partial charge < -0.3 is 34.8 Å². The topological polar surface area (TPSA) is 205 Å². The van der Waals surface area contributed by atoms with Crippen molar-refractivity contribution >= 4 is 23.9 Å². The number of aliphatic hydroxyl groups excluding tert-OH is 3. The zero-order chi connectivity index (χ0) is 44.5. The molecule has 0 aromatic heterocycles. The number of esters is 2. The zero-order valence-corrected chi connectivity index (χ0v) is 33.6. The van der Waals surface area contributed by atoms with Gasteiger partial charge in [0.2, 0.25) is 5.91 Å². The molecule has 1 aliphatic rings. The first kappa shape index (κ1) is 48.3. The SMILES string of the molecule is COc1cc(/C=C/C(=O)Oc2cccc(CON(O)O)c2)ccc1OC(=O)C(C)NC(=O)CCC/C=C\C[C@@H]1[C@@H](/C=C/[C@@H](O)CCc2cccc(C(F)(F)F)c2)[C@H](O)C[C@@H]1O. The normalized spacial score (nSPS) is 19.1. The molecule has 0 saturated heterocycles. The second-order valence-electron chi connectivity index (χ2n) is 14.4. The molecule has 1 unspecified atom stereocenters. The average Bonchev–Trinajstić information content (AvgIpc) is 3.49. The van der Waals surface area contributed by atoms with Crippen molar-refractivity contribution in [3.05, 3.63) is 119 Å². The van der Waals surface area contributed by atoms with Gasteiger partial charge in [-0.1, -0.05) is 60.7 Å². The lowest BCUT2D eigenvalue weighted by atomic mass is 9.89. The quantitative estimate of drug-likeness (QED) is 0.0175. The number of aryl methyl sites for hydroxylation is 1. The average molecular weight is 857 g/mol. The molecular weight excluding hydrogens is 805 g/mol. The molecule has 61 heavy (non-hydrogen) atoms. The maximum Gasteiger partial charge on any atom is 0.416 e. The maximum atomic E-state index is 13.0. The Labute approximate surface area is 351 Å². The molecule has 1 amide bonds. The number of rotatable bonds is 21. The Balaban J connectivity index is 1.17. The van der Waals surface area contributed by atoms with Crippen molar-refractivity contribution < 1.29 is 72.3 Å². The molecule has 4 rings (SSSR count). The molecule has 6 N–H and O–H groups in total. The number of aliphatic hydroxyl groups is 3. The van der Waals surface area contributed by atoms with Gasteiger partial charge in [0, 0.05) is 24.8 Å². The van der Waals surface area contributed by atoms with E-state index < -0.39 is 59.3 Å². The number of hydrogen-bond acceptors (Lipinski definition) is 13. The van der Waals surface area contributed by atoms with Crippen molar-refractivity contribution in [1.82, 2.24) is 10.7 Å². The van der Waals surface area contributed by atoms with Crippen LogP contribution in [-0.2, 0) is 38.4 Å². The fourth-order valence-electron chi connectivity index (χ4n) is 6.62. The first-order valence-electron chi connectivity index (χ1n) is 19.5. The molecule has 17 heteroatoms. The number of amides is 1. The van der Waals surface area contributed by atoms with E-state index in [0.717, 1.165) is 12.1 Å². The van der Waals surface area contributed by atoms with Gasteiger partial charge in [-0.3, -0.25) is 15.2 Å². The van der Waals surface area contributed by atoms with Crippen molar-refractivity contribution in [3.8, 4) is 17.2 Å². The number of nitrogens with one attached hydrogen (secondary N) is 1. The Morgan fingerprint density at radius 1 is 0.951 bits per heavy atom. The summed E-state index contributed by atoms with van der Waals surface area (Å²) in [5.74, 6) is -2.08. The minimum atomic E-state index is -4.45. The molecule has 14 nitrogen and oxygen atoms in total. The Hall–Kier alpha value is -5.40. The highest BCUT2D eigenvalue weighted by Crippen LogP contribution is 2.37. The summed E-state index contributed by atoms with van der Waals surface area (Å²) in [6.07, 6.45) is 4.64. The van der Waals surface area contributed by atoms with E-state index in [-0.39, 0.29) is 61.4 Å². The second kappa shape index (κ2) is 23.6. The first-order chi connectivity index (χ1) is 29.0. The molecule has 0 heterocycles. The van der Waals surface area contributed by atoms with Crippen LogP contribution in [-0.4, -0.2) is 80.4 Å². The molecule has 1 aliphatic carbocycles. The van der Waals surface area contributed by atoms with E-state index in [0.29, 0.717) is 36.0 Å². The summed E-state index contributed by atoms with van der Waals surface area (Å²) >= 11 is 0. The first-order valence-corrected chi connectivity index (χ1v) is 19.5. The van der Waals surface area contributed by atoms with E-state index in [9.17, 15) is 42.9 Å². The maximum absolute atomic E-state index is 13.0. The fourth-order valence-corrected chi connectivity index (χ4v) is 6.62. The number of nitrogens with zero attached hydrogens (tertiary/aromatic N) is 1. The van der Waals surface area contributed by atoms with Crippen molar-refractivity contribution in [3.63, 3.8) is 0 Å². The van der Waals surface area contributed by atoms with Crippen molar-refractivity contribution in [2.45, 2.75) is 89.0 Å². The number of carbonyl (C=O) groups excluding carboxylic acids is 3. The largest absolute Gasteiger partial charge is 0.493 e. The van der Waals surface area contributed by atoms with Gasteiger partial charge in [-0.2, -0.15) is 13.2 Å². The van der Waals surface area contributed by atoms with Gasteiger partial charge in [0.1, 0.15) is 11.8 Å². The van der Waals surface area contributed by atoms with Crippen LogP contribution >= 0.6 is 0 Å². The molecular formula is C44H51F3N2O12. The van der Waals surface area contributed by atoms with Crippen molar-refractivity contribution in [2.24, 2.45) is 11.8 Å². The molecule has 0 spiro atoms. The summed E-state index contributed by atoms with van der Waals surface area (Å²) in [5, 5.41) is 51.2. The van der Waals surface area contributed by atoms with Crippen LogP contribution in [0.3, 0.4) is 0 Å². The molecule has 330 valence electrons. The molecule has 1 fully saturated rings. The van der Waals surface area contributed by atoms with Crippen molar-refractivity contribution in [2.75, 3.05) is 7.11 Å². The van der Waals surface area contributed by atoms with E-state index in [1.165, 1.54) is 62.6 Å². The number of benzene rings is 3. The van der Waals surface area contributed by atoms with Crippen LogP contribution < -0.4 is 19.5 Å². The van der Waals surface area contributed by atoms with Crippen LogP contribution in [0.5, 0.6) is 17.2 Å². The number of ether oxygens (including phenoxy) is 3. The van der Waals surface area contributed by atoms with Gasteiger partial charge in [0.25, 0.3) is 0 Å². The van der Waals surface area contributed by atoms with Gasteiger partial charge in [-0.25, -0.2) is 14.4 Å². The summed E-state index contributed by atoms with van der Waals surface area (Å²) < 4.78 is 55.2. The fraction of sp³-hybridized carbons (Fsp3) is 0.386. The minimum Gasteiger partial charge on any atom is -0.493 e. The van der Waals surface area contributed by atoms with Gasteiger partial charge in [-0.15, -0.1) is 0 Å². The third kappa shape index (κ3) is 16.2. The molecule has 3 aromatic carbocycles. The highest BCUT2D eigenvalue weighted by Gasteiger charge is 2.39. The van der Waals surface area contributed by atoms with Gasteiger partial charge in [0.05, 0.1) is 43.0 Å². The number of unbranched alkanes of at least 4 members (excludes halogenated alkanes) is 1. The lowest BCUT2D eigenvalue weighted by Gasteiger charge is -2.19. The minimum absolute atomic E-state index is 0.0876. The van der Waals surface area contributed by atoms with E-state index in [1.807, 2.05) is 12.2 Å². The van der Waals surface area contributed by atoms with Gasteiger partial charge in [0.15, 0.2) is 11.5 Å². The van der Waals surface area contributed by atoms with Gasteiger partial charge in [-0.05, 0) is 98.0 Å². The second-order valence-corrected chi connectivity index (χ2v) is 14.4. The smallest absolute Gasteiger partial charge is 0.416 e. The number of halogens is 3. The Bertz CT molecular complexity index is 2000. The van der Waals surface area contributed by atoms with Gasteiger partial charge >= 0.3 is 18.1 Å². The summed E-state index contributed by atoms with van der Waals surface area (Å²) in [7, 11) is 1.37. The van der Waals surface area contributed by atoms with E-state index in [2.05, 4.69) is 10.2 Å². The number of allylic oxidation sites excluding steroid dienone is 2. The molecule has 0 radical (unpaired) electrons. The monoisotopic (exact) mass is 856 g/mol. The van der Waals surface area contributed by atoms with E-state index in [1.54, 1.807) is 30.3 Å². The molecule has 6 atom stereocenters. The lowest BCUT2D eigenvalue weighted by Crippen LogP contribution is -2.40. The van der Waals surface area contributed by atoms with E-state index >= 15 is 0 Å². The highest BCUT2D eigenvalue weighted by atomic mass is 19.4. The zero-order valence-electron chi connectivity index (χ0n) is 33.6. The lowest BCUT2D eigenvalue weighted by molar-refractivity contribution is -0.497. The van der Waals surface area contributed by atoms with Crippen molar-refractivity contribution in [1.29, 1.82) is 0 Å². The predicted octanol–water partition coefficient (Wildman–Crippen LogP) is 6.28. The molecule has 0 bridgehead atoms. The number of carbonyl (C=O) groups is 3. The Morgan fingerprint density at radius 2 is 1.70 bits per heavy atom. The van der Waals surface area contributed by atoms with Crippen LogP contribution in [0.2, 0.25) is 0 Å². The van der Waals surface area contributed by atoms with Crippen LogP contribution in [0.1, 0.15) is 67.7 Å². The standard InChI is InChI=1S/C44H51F3N2O12/c1-28(43(55)61-39-21-16-30(25-40(39)58-2)17-22-42(54)60-34-12-8-10-31(24-34)27-59-49(56)57)48-41(53)14-6-4-3-5-13-35-36(38(52)26-37(35)51)20-19-33(50)18-15-29-9-7-11-32(23-29)44(45,46)47/h3,5,7-12,16-17,19-25,28,33,35-38,50-52,56-57H,4,6,13-15,18,26-27H2,1-2H3,(H,48,53)/b5-3-,20-19+,22-17+/t28?,33-,35+,36+,37-,38+/m0/s1. The predicted molar refractivity (Wildman–Crippen MR) is 214 cm³/mol. The Morgan fingerprint density at radius 3 is 2.44 bits per heavy atom. The summed E-state index contributed by atoms with van der Waals surface area (Å²) in [4.78, 5) is 42.3. The van der Waals surface area contributed by atoms with Crippen LogP contribution in [0.25, 0.3) is 6.08 Å². The third-order valence-electron chi connectivity index (χ3n) is 9.81. The summed E-state index contributed by atoms with van der Waals surface area (Å²) in [6.45, 7) is 1.30. The third-order valence-corrected chi connectivity index (χ3v) is 9.81. The number of methoxy groups -OCH3 is 1. The number of alkyl halides is 3. The molecule has 3 aromatic rings. The van der Waals surface area contributed by atoms with Crippen LogP contribution in [0, 0.1) is 11.8 Å². The summed E-state index contributed by atoms with van der Waals surface area (Å²) in [5.41, 5.74) is 0.728. The van der Waals surface area contributed by atoms with Crippen LogP contribution in [0.15, 0.2) is 97.1 Å².